The second kappa shape index (κ2) is 9.91. The molecule has 3 N–H and O–H groups in total. The fourth-order valence-corrected chi connectivity index (χ4v) is 2.91. The van der Waals surface area contributed by atoms with E-state index in [1.807, 2.05) is 18.2 Å². The highest BCUT2D eigenvalue weighted by molar-refractivity contribution is 5.69. The first kappa shape index (κ1) is 19.1. The van der Waals surface area contributed by atoms with Gasteiger partial charge in [0.2, 0.25) is 0 Å². The van der Waals surface area contributed by atoms with Crippen molar-refractivity contribution in [1.82, 2.24) is 4.98 Å². The molecule has 25 heavy (non-hydrogen) atoms. The molecule has 0 saturated carbocycles. The van der Waals surface area contributed by atoms with Crippen LogP contribution in [0.4, 0.5) is 0 Å². The quantitative estimate of drug-likeness (QED) is 0.683. The molecule has 1 unspecified atom stereocenters. The molecule has 2 rings (SSSR count). The first-order valence-corrected chi connectivity index (χ1v) is 8.67. The van der Waals surface area contributed by atoms with Gasteiger partial charge in [0.15, 0.2) is 0 Å². The van der Waals surface area contributed by atoms with Gasteiger partial charge in [-0.1, -0.05) is 24.3 Å². The molecule has 0 spiro atoms. The smallest absolute Gasteiger partial charge is 0.306 e. The summed E-state index contributed by atoms with van der Waals surface area (Å²) in [6.07, 6.45) is 5.19. The number of rotatable bonds is 9. The highest BCUT2D eigenvalue weighted by Crippen LogP contribution is 2.26. The van der Waals surface area contributed by atoms with Crippen LogP contribution in [0.25, 0.3) is 0 Å². The molecule has 0 fully saturated rings. The van der Waals surface area contributed by atoms with Crippen molar-refractivity contribution in [3.63, 3.8) is 0 Å². The molecule has 0 bridgehead atoms. The van der Waals surface area contributed by atoms with Gasteiger partial charge in [-0.3, -0.25) is 9.78 Å². The monoisotopic (exact) mass is 342 g/mol. The third kappa shape index (κ3) is 5.66. The van der Waals surface area contributed by atoms with Crippen LogP contribution in [0.3, 0.4) is 0 Å². The van der Waals surface area contributed by atoms with Gasteiger partial charge in [-0.15, -0.1) is 0 Å². The number of benzene rings is 1. The number of hydrogen-bond acceptors (Lipinski definition) is 5. The van der Waals surface area contributed by atoms with Crippen LogP contribution in [0.5, 0.6) is 0 Å². The number of carbonyl (C=O) groups excluding carboxylic acids is 1. The normalized spacial score (nSPS) is 12.0. The molecule has 1 heterocycles. The lowest BCUT2D eigenvalue weighted by molar-refractivity contribution is -0.143. The Hall–Kier alpha value is -2.24. The van der Waals surface area contributed by atoms with Crippen LogP contribution in [0, 0.1) is 0 Å². The van der Waals surface area contributed by atoms with E-state index in [-0.39, 0.29) is 18.5 Å². The van der Waals surface area contributed by atoms with Crippen LogP contribution in [-0.4, -0.2) is 35.8 Å². The van der Waals surface area contributed by atoms with E-state index in [2.05, 4.69) is 17.1 Å². The SMILES string of the molecule is CCOC(=O)CCc1cc(CCN)cc(C(CO)c2cccnc2)c1. The summed E-state index contributed by atoms with van der Waals surface area (Å²) in [6.45, 7) is 2.75. The van der Waals surface area contributed by atoms with E-state index < -0.39 is 0 Å². The molecule has 0 radical (unpaired) electrons. The molecular formula is C20H26N2O3. The molecule has 0 aliphatic carbocycles. The zero-order valence-corrected chi connectivity index (χ0v) is 14.6. The first-order valence-electron chi connectivity index (χ1n) is 8.67. The average Bonchev–Trinajstić information content (AvgIpc) is 2.62. The van der Waals surface area contributed by atoms with Crippen LogP contribution in [0.15, 0.2) is 42.7 Å². The van der Waals surface area contributed by atoms with Gasteiger partial charge in [0.1, 0.15) is 0 Å². The van der Waals surface area contributed by atoms with Gasteiger partial charge in [0, 0.05) is 24.7 Å². The minimum Gasteiger partial charge on any atom is -0.466 e. The van der Waals surface area contributed by atoms with E-state index in [0.29, 0.717) is 26.0 Å². The van der Waals surface area contributed by atoms with Gasteiger partial charge in [-0.2, -0.15) is 0 Å². The Morgan fingerprint density at radius 1 is 1.24 bits per heavy atom. The van der Waals surface area contributed by atoms with Crippen molar-refractivity contribution in [1.29, 1.82) is 0 Å². The van der Waals surface area contributed by atoms with Gasteiger partial charge in [-0.05, 0) is 54.6 Å². The van der Waals surface area contributed by atoms with Crippen LogP contribution < -0.4 is 5.73 Å². The number of nitrogens with two attached hydrogens (primary N) is 1. The fourth-order valence-electron chi connectivity index (χ4n) is 2.91. The standard InChI is InChI=1S/C20H26N2O3/c1-2-25-20(24)6-5-15-10-16(7-8-21)12-18(11-15)19(14-23)17-4-3-9-22-13-17/h3-4,9-13,19,23H,2,5-8,14,21H2,1H3. The van der Waals surface area contributed by atoms with E-state index in [4.69, 9.17) is 10.5 Å². The highest BCUT2D eigenvalue weighted by atomic mass is 16.5. The molecular weight excluding hydrogens is 316 g/mol. The Morgan fingerprint density at radius 2 is 2.00 bits per heavy atom. The van der Waals surface area contributed by atoms with Crippen molar-refractivity contribution >= 4 is 5.97 Å². The lowest BCUT2D eigenvalue weighted by atomic mass is 9.89. The Balaban J connectivity index is 2.28. The molecule has 1 aromatic heterocycles. The van der Waals surface area contributed by atoms with E-state index in [9.17, 15) is 9.90 Å². The number of aliphatic hydroxyl groups is 1. The Morgan fingerprint density at radius 3 is 2.60 bits per heavy atom. The van der Waals surface area contributed by atoms with Crippen molar-refractivity contribution < 1.29 is 14.6 Å². The molecule has 0 aliphatic rings. The van der Waals surface area contributed by atoms with Crippen molar-refractivity contribution in [2.75, 3.05) is 19.8 Å². The first-order chi connectivity index (χ1) is 12.2. The Kier molecular flexibility index (Phi) is 7.57. The molecule has 1 aromatic carbocycles. The Bertz CT molecular complexity index is 674. The van der Waals surface area contributed by atoms with Gasteiger partial charge in [-0.25, -0.2) is 0 Å². The summed E-state index contributed by atoms with van der Waals surface area (Å²) in [5, 5.41) is 9.91. The van der Waals surface area contributed by atoms with Crippen molar-refractivity contribution in [3.05, 3.63) is 65.0 Å². The van der Waals surface area contributed by atoms with Gasteiger partial charge in [0.25, 0.3) is 0 Å². The molecule has 5 heteroatoms. The molecule has 5 nitrogen and oxygen atoms in total. The predicted octanol–water partition coefficient (Wildman–Crippen LogP) is 2.20. The summed E-state index contributed by atoms with van der Waals surface area (Å²) < 4.78 is 5.00. The van der Waals surface area contributed by atoms with E-state index in [1.54, 1.807) is 19.3 Å². The van der Waals surface area contributed by atoms with Gasteiger partial charge >= 0.3 is 5.97 Å². The number of aliphatic hydroxyl groups excluding tert-OH is 1. The number of carbonyl (C=O) groups is 1. The average molecular weight is 342 g/mol. The molecule has 2 aromatic rings. The zero-order chi connectivity index (χ0) is 18.1. The molecule has 1 atom stereocenters. The van der Waals surface area contributed by atoms with Gasteiger partial charge < -0.3 is 15.6 Å². The second-order valence-electron chi connectivity index (χ2n) is 5.95. The minimum atomic E-state index is -0.195. The van der Waals surface area contributed by atoms with E-state index >= 15 is 0 Å². The van der Waals surface area contributed by atoms with E-state index in [0.717, 1.165) is 28.7 Å². The number of pyridine rings is 1. The topological polar surface area (TPSA) is 85.4 Å². The maximum atomic E-state index is 11.6. The summed E-state index contributed by atoms with van der Waals surface area (Å²) in [4.78, 5) is 15.8. The predicted molar refractivity (Wildman–Crippen MR) is 97.3 cm³/mol. The molecule has 0 aliphatic heterocycles. The maximum absolute atomic E-state index is 11.6. The number of nitrogens with zero attached hydrogens (tertiary/aromatic N) is 1. The highest BCUT2D eigenvalue weighted by Gasteiger charge is 2.15. The number of ether oxygens (including phenoxy) is 1. The third-order valence-corrected chi connectivity index (χ3v) is 4.10. The third-order valence-electron chi connectivity index (χ3n) is 4.10. The minimum absolute atomic E-state index is 0.00487. The molecule has 134 valence electrons. The summed E-state index contributed by atoms with van der Waals surface area (Å²) in [5.74, 6) is -0.341. The number of hydrogen-bond donors (Lipinski definition) is 2. The summed E-state index contributed by atoms with van der Waals surface area (Å²) in [7, 11) is 0. The molecule has 0 amide bonds. The number of esters is 1. The van der Waals surface area contributed by atoms with Crippen molar-refractivity contribution in [2.24, 2.45) is 5.73 Å². The fraction of sp³-hybridized carbons (Fsp3) is 0.400. The molecule has 0 saturated heterocycles. The zero-order valence-electron chi connectivity index (χ0n) is 14.6. The lowest BCUT2D eigenvalue weighted by Gasteiger charge is -2.18. The van der Waals surface area contributed by atoms with Crippen LogP contribution in [0.2, 0.25) is 0 Å². The van der Waals surface area contributed by atoms with Crippen molar-refractivity contribution in [2.45, 2.75) is 32.1 Å². The van der Waals surface area contributed by atoms with Crippen LogP contribution in [-0.2, 0) is 22.4 Å². The largest absolute Gasteiger partial charge is 0.466 e. The maximum Gasteiger partial charge on any atom is 0.306 e. The summed E-state index contributed by atoms with van der Waals surface area (Å²) in [5.41, 5.74) is 9.85. The Labute approximate surface area is 148 Å². The van der Waals surface area contributed by atoms with Crippen LogP contribution >= 0.6 is 0 Å². The second-order valence-corrected chi connectivity index (χ2v) is 5.95. The van der Waals surface area contributed by atoms with E-state index in [1.165, 1.54) is 0 Å². The summed E-state index contributed by atoms with van der Waals surface area (Å²) in [6, 6.07) is 10.0. The number of aromatic nitrogens is 1. The van der Waals surface area contributed by atoms with Gasteiger partial charge in [0.05, 0.1) is 13.2 Å². The van der Waals surface area contributed by atoms with Crippen LogP contribution in [0.1, 0.15) is 41.5 Å². The van der Waals surface area contributed by atoms with Crippen molar-refractivity contribution in [3.8, 4) is 0 Å². The number of aryl methyl sites for hydroxylation is 1. The summed E-state index contributed by atoms with van der Waals surface area (Å²) >= 11 is 0. The lowest BCUT2D eigenvalue weighted by Crippen LogP contribution is -2.10.